The van der Waals surface area contributed by atoms with Crippen molar-refractivity contribution >= 4 is 21.8 Å². The molecule has 0 saturated heterocycles. The van der Waals surface area contributed by atoms with E-state index in [4.69, 9.17) is 4.74 Å². The van der Waals surface area contributed by atoms with E-state index in [0.717, 1.165) is 21.3 Å². The number of nitrogens with zero attached hydrogens (tertiary/aromatic N) is 2. The summed E-state index contributed by atoms with van der Waals surface area (Å²) in [7, 11) is 0. The Morgan fingerprint density at radius 3 is 2.64 bits per heavy atom. The quantitative estimate of drug-likeness (QED) is 0.856. The van der Waals surface area contributed by atoms with Crippen LogP contribution in [-0.2, 0) is 11.3 Å². The lowest BCUT2D eigenvalue weighted by Crippen LogP contribution is -2.38. The molecule has 1 amide bonds. The van der Waals surface area contributed by atoms with Crippen molar-refractivity contribution in [2.45, 2.75) is 33.4 Å². The van der Waals surface area contributed by atoms with Gasteiger partial charge in [0.2, 0.25) is 0 Å². The minimum absolute atomic E-state index is 0.134. The van der Waals surface area contributed by atoms with Gasteiger partial charge in [0.1, 0.15) is 5.75 Å². The molecule has 1 N–H and O–H groups in total. The van der Waals surface area contributed by atoms with Crippen LogP contribution in [-0.4, -0.2) is 28.3 Å². The smallest absolute Gasteiger partial charge is 0.260 e. The number of amides is 1. The number of aryl methyl sites for hydroxylation is 2. The lowest BCUT2D eigenvalue weighted by molar-refractivity contribution is -0.127. The van der Waals surface area contributed by atoms with Gasteiger partial charge >= 0.3 is 0 Å². The lowest BCUT2D eigenvalue weighted by Gasteiger charge is -2.15. The van der Waals surface area contributed by atoms with Gasteiger partial charge in [-0.2, -0.15) is 5.10 Å². The van der Waals surface area contributed by atoms with E-state index in [2.05, 4.69) is 32.4 Å². The summed E-state index contributed by atoms with van der Waals surface area (Å²) in [5.74, 6) is 0.585. The Balaban J connectivity index is 1.81. The van der Waals surface area contributed by atoms with Gasteiger partial charge in [0.25, 0.3) is 5.91 Å². The average Bonchev–Trinajstić information content (AvgIpc) is 2.83. The van der Waals surface area contributed by atoms with Crippen LogP contribution >= 0.6 is 15.9 Å². The molecule has 2 aromatic rings. The highest BCUT2D eigenvalue weighted by Gasteiger charge is 2.14. The van der Waals surface area contributed by atoms with Crippen molar-refractivity contribution in [3.05, 3.63) is 46.2 Å². The first-order valence-electron chi connectivity index (χ1n) is 7.14. The highest BCUT2D eigenvalue weighted by atomic mass is 79.9. The van der Waals surface area contributed by atoms with Gasteiger partial charge in [0, 0.05) is 12.7 Å². The topological polar surface area (TPSA) is 56.1 Å². The molecule has 1 heterocycles. The van der Waals surface area contributed by atoms with E-state index in [1.54, 1.807) is 17.8 Å². The zero-order valence-corrected chi connectivity index (χ0v) is 14.6. The second-order valence-corrected chi connectivity index (χ2v) is 6.21. The van der Waals surface area contributed by atoms with Crippen molar-refractivity contribution in [3.63, 3.8) is 0 Å². The van der Waals surface area contributed by atoms with E-state index in [0.29, 0.717) is 13.1 Å². The molecule has 0 spiro atoms. The van der Waals surface area contributed by atoms with Gasteiger partial charge in [-0.05, 0) is 60.0 Å². The highest BCUT2D eigenvalue weighted by molar-refractivity contribution is 9.10. The molecule has 1 aromatic heterocycles. The Morgan fingerprint density at radius 1 is 1.36 bits per heavy atom. The molecule has 5 nitrogen and oxygen atoms in total. The number of rotatable bonds is 6. The third-order valence-electron chi connectivity index (χ3n) is 3.12. The summed E-state index contributed by atoms with van der Waals surface area (Å²) >= 11 is 3.33. The third kappa shape index (κ3) is 4.87. The largest absolute Gasteiger partial charge is 0.481 e. The van der Waals surface area contributed by atoms with E-state index in [1.807, 2.05) is 32.2 Å². The van der Waals surface area contributed by atoms with Crippen LogP contribution in [0.2, 0.25) is 0 Å². The van der Waals surface area contributed by atoms with Crippen LogP contribution in [0.15, 0.2) is 35.1 Å². The molecule has 0 bridgehead atoms. The summed E-state index contributed by atoms with van der Waals surface area (Å²) in [6.45, 7) is 6.89. The molecular weight excluding hydrogens is 346 g/mol. The predicted octanol–water partition coefficient (Wildman–Crippen LogP) is 2.85. The molecule has 0 aliphatic heterocycles. The molecule has 118 valence electrons. The van der Waals surface area contributed by atoms with E-state index >= 15 is 0 Å². The molecule has 0 aliphatic rings. The van der Waals surface area contributed by atoms with Crippen LogP contribution in [0.5, 0.6) is 5.75 Å². The summed E-state index contributed by atoms with van der Waals surface area (Å²) in [6.07, 6.45) is 3.04. The second kappa shape index (κ2) is 7.45. The zero-order chi connectivity index (χ0) is 16.1. The van der Waals surface area contributed by atoms with E-state index < -0.39 is 6.10 Å². The minimum atomic E-state index is -0.537. The highest BCUT2D eigenvalue weighted by Crippen LogP contribution is 2.17. The first-order chi connectivity index (χ1) is 10.4. The molecule has 22 heavy (non-hydrogen) atoms. The molecule has 1 atom stereocenters. The summed E-state index contributed by atoms with van der Waals surface area (Å²) in [5.41, 5.74) is 2.23. The minimum Gasteiger partial charge on any atom is -0.481 e. The maximum absolute atomic E-state index is 12.0. The number of aromatic nitrogens is 2. The summed E-state index contributed by atoms with van der Waals surface area (Å²) in [4.78, 5) is 12.0. The van der Waals surface area contributed by atoms with Gasteiger partial charge in [-0.15, -0.1) is 0 Å². The molecule has 0 saturated carbocycles. The van der Waals surface area contributed by atoms with Gasteiger partial charge in [-0.3, -0.25) is 9.48 Å². The van der Waals surface area contributed by atoms with E-state index in [-0.39, 0.29) is 5.91 Å². The predicted molar refractivity (Wildman–Crippen MR) is 88.9 cm³/mol. The molecule has 1 unspecified atom stereocenters. The zero-order valence-electron chi connectivity index (χ0n) is 13.0. The van der Waals surface area contributed by atoms with Crippen LogP contribution in [0, 0.1) is 13.8 Å². The van der Waals surface area contributed by atoms with Gasteiger partial charge in [0.15, 0.2) is 6.10 Å². The van der Waals surface area contributed by atoms with E-state index in [9.17, 15) is 4.79 Å². The molecule has 0 radical (unpaired) electrons. The van der Waals surface area contributed by atoms with Crippen LogP contribution in [0.1, 0.15) is 18.1 Å². The third-order valence-corrected chi connectivity index (χ3v) is 3.53. The van der Waals surface area contributed by atoms with Crippen molar-refractivity contribution in [3.8, 4) is 5.75 Å². The van der Waals surface area contributed by atoms with Crippen LogP contribution < -0.4 is 10.1 Å². The fourth-order valence-corrected chi connectivity index (χ4v) is 2.48. The van der Waals surface area contributed by atoms with Crippen LogP contribution in [0.25, 0.3) is 0 Å². The number of carbonyl (C=O) groups is 1. The molecule has 0 fully saturated rings. The maximum atomic E-state index is 12.0. The lowest BCUT2D eigenvalue weighted by atomic mass is 10.1. The van der Waals surface area contributed by atoms with Gasteiger partial charge in [-0.25, -0.2) is 0 Å². The van der Waals surface area contributed by atoms with Crippen molar-refractivity contribution < 1.29 is 9.53 Å². The standard InChI is InChI=1S/C16H20BrN3O2/c1-11-6-12(2)8-15(7-11)22-13(3)16(21)18-4-5-20-10-14(17)9-19-20/h6-10,13H,4-5H2,1-3H3,(H,18,21). The number of hydrogen-bond donors (Lipinski definition) is 1. The molecular formula is C16H20BrN3O2. The Bertz CT molecular complexity index is 634. The number of ether oxygens (including phenoxy) is 1. The fraction of sp³-hybridized carbons (Fsp3) is 0.375. The van der Waals surface area contributed by atoms with Crippen molar-refractivity contribution in [2.24, 2.45) is 0 Å². The fourth-order valence-electron chi connectivity index (χ4n) is 2.16. The Labute approximate surface area is 138 Å². The number of benzene rings is 1. The maximum Gasteiger partial charge on any atom is 0.260 e. The van der Waals surface area contributed by atoms with Crippen LogP contribution in [0.4, 0.5) is 0 Å². The van der Waals surface area contributed by atoms with Crippen molar-refractivity contribution in [2.75, 3.05) is 6.54 Å². The average molecular weight is 366 g/mol. The molecule has 0 aliphatic carbocycles. The Kier molecular flexibility index (Phi) is 5.60. The molecule has 1 aromatic carbocycles. The molecule has 2 rings (SSSR count). The van der Waals surface area contributed by atoms with Crippen molar-refractivity contribution in [1.29, 1.82) is 0 Å². The SMILES string of the molecule is Cc1cc(C)cc(OC(C)C(=O)NCCn2cc(Br)cn2)c1. The normalized spacial score (nSPS) is 12.0. The van der Waals surface area contributed by atoms with Gasteiger partial charge in [-0.1, -0.05) is 6.07 Å². The Hall–Kier alpha value is -1.82. The molecule has 6 heteroatoms. The summed E-state index contributed by atoms with van der Waals surface area (Å²) < 4.78 is 8.39. The van der Waals surface area contributed by atoms with Crippen molar-refractivity contribution in [1.82, 2.24) is 15.1 Å². The monoisotopic (exact) mass is 365 g/mol. The number of hydrogen-bond acceptors (Lipinski definition) is 3. The number of nitrogens with one attached hydrogen (secondary N) is 1. The Morgan fingerprint density at radius 2 is 2.05 bits per heavy atom. The first-order valence-corrected chi connectivity index (χ1v) is 7.94. The summed E-state index contributed by atoms with van der Waals surface area (Å²) in [6, 6.07) is 5.93. The van der Waals surface area contributed by atoms with E-state index in [1.165, 1.54) is 0 Å². The first kappa shape index (κ1) is 16.5. The van der Waals surface area contributed by atoms with Gasteiger partial charge in [0.05, 0.1) is 17.2 Å². The summed E-state index contributed by atoms with van der Waals surface area (Å²) in [5, 5.41) is 6.98. The van der Waals surface area contributed by atoms with Gasteiger partial charge < -0.3 is 10.1 Å². The number of carbonyl (C=O) groups excluding carboxylic acids is 1. The number of halogens is 1. The van der Waals surface area contributed by atoms with Crippen LogP contribution in [0.3, 0.4) is 0 Å². The second-order valence-electron chi connectivity index (χ2n) is 5.30.